The van der Waals surface area contributed by atoms with Crippen molar-refractivity contribution in [2.24, 2.45) is 0 Å². The molecular formula is C12H15BrO2. The Morgan fingerprint density at radius 3 is 2.53 bits per heavy atom. The number of carbonyl (C=O) groups excluding carboxylic acids is 1. The molecule has 1 aromatic rings. The van der Waals surface area contributed by atoms with Crippen LogP contribution in [0.4, 0.5) is 0 Å². The van der Waals surface area contributed by atoms with Gasteiger partial charge in [-0.25, -0.2) is 0 Å². The summed E-state index contributed by atoms with van der Waals surface area (Å²) < 4.78 is 0. The third-order valence-corrected chi connectivity index (χ3v) is 2.68. The Balaban J connectivity index is 3.01. The van der Waals surface area contributed by atoms with E-state index in [1.807, 2.05) is 19.1 Å². The number of ketones is 1. The summed E-state index contributed by atoms with van der Waals surface area (Å²) >= 11 is 3.25. The van der Waals surface area contributed by atoms with Gasteiger partial charge in [-0.05, 0) is 29.7 Å². The van der Waals surface area contributed by atoms with Gasteiger partial charge in [-0.2, -0.15) is 0 Å². The Kier molecular flexibility index (Phi) is 4.99. The van der Waals surface area contributed by atoms with Crippen molar-refractivity contribution in [3.8, 4) is 0 Å². The number of aliphatic hydroxyl groups is 1. The second-order valence-corrected chi connectivity index (χ2v) is 4.21. The number of rotatable bonds is 5. The van der Waals surface area contributed by atoms with Crippen LogP contribution in [0.15, 0.2) is 18.2 Å². The molecule has 0 aliphatic carbocycles. The summed E-state index contributed by atoms with van der Waals surface area (Å²) in [6.07, 6.45) is 1.38. The maximum Gasteiger partial charge on any atom is 0.163 e. The maximum atomic E-state index is 11.7. The highest BCUT2D eigenvalue weighted by Crippen LogP contribution is 2.13. The molecule has 0 atom stereocenters. The van der Waals surface area contributed by atoms with E-state index in [-0.39, 0.29) is 12.4 Å². The normalized spacial score (nSPS) is 10.3. The van der Waals surface area contributed by atoms with E-state index in [0.717, 1.165) is 17.5 Å². The number of hydrogen-bond donors (Lipinski definition) is 1. The van der Waals surface area contributed by atoms with E-state index in [9.17, 15) is 4.79 Å². The topological polar surface area (TPSA) is 37.3 Å². The summed E-state index contributed by atoms with van der Waals surface area (Å²) in [5, 5.41) is 9.75. The Morgan fingerprint density at radius 1 is 1.33 bits per heavy atom. The molecule has 0 radical (unpaired) electrons. The zero-order valence-corrected chi connectivity index (χ0v) is 10.4. The molecule has 0 heterocycles. The predicted octanol–water partition coefficient (Wildman–Crippen LogP) is 2.71. The summed E-state index contributed by atoms with van der Waals surface area (Å²) in [5.74, 6) is 0.122. The van der Waals surface area contributed by atoms with Crippen molar-refractivity contribution in [2.45, 2.75) is 26.4 Å². The van der Waals surface area contributed by atoms with Crippen molar-refractivity contribution in [2.75, 3.05) is 5.33 Å². The number of aryl methyl sites for hydroxylation is 1. The number of carbonyl (C=O) groups is 1. The van der Waals surface area contributed by atoms with Crippen LogP contribution in [-0.2, 0) is 13.0 Å². The lowest BCUT2D eigenvalue weighted by Crippen LogP contribution is -2.02. The molecule has 0 amide bonds. The van der Waals surface area contributed by atoms with Gasteiger partial charge in [0.15, 0.2) is 5.78 Å². The van der Waals surface area contributed by atoms with Crippen LogP contribution in [0.2, 0.25) is 0 Å². The van der Waals surface area contributed by atoms with Crippen LogP contribution in [-0.4, -0.2) is 16.2 Å². The molecule has 0 bridgehead atoms. The van der Waals surface area contributed by atoms with Crippen LogP contribution >= 0.6 is 15.9 Å². The Morgan fingerprint density at radius 2 is 2.00 bits per heavy atom. The third-order valence-electron chi connectivity index (χ3n) is 2.29. The smallest absolute Gasteiger partial charge is 0.163 e. The highest BCUT2D eigenvalue weighted by atomic mass is 79.9. The van der Waals surface area contributed by atoms with Crippen molar-refractivity contribution in [1.82, 2.24) is 0 Å². The van der Waals surface area contributed by atoms with Crippen molar-refractivity contribution >= 4 is 21.7 Å². The van der Waals surface area contributed by atoms with Gasteiger partial charge in [0.25, 0.3) is 0 Å². The molecule has 0 aliphatic heterocycles. The summed E-state index contributed by atoms with van der Waals surface area (Å²) in [4.78, 5) is 11.7. The van der Waals surface area contributed by atoms with Gasteiger partial charge < -0.3 is 5.11 Å². The van der Waals surface area contributed by atoms with Crippen molar-refractivity contribution in [1.29, 1.82) is 0 Å². The van der Waals surface area contributed by atoms with E-state index in [1.165, 1.54) is 0 Å². The monoisotopic (exact) mass is 270 g/mol. The molecule has 1 aromatic carbocycles. The van der Waals surface area contributed by atoms with E-state index >= 15 is 0 Å². The van der Waals surface area contributed by atoms with Crippen molar-refractivity contribution in [3.05, 3.63) is 34.9 Å². The van der Waals surface area contributed by atoms with Gasteiger partial charge in [0, 0.05) is 17.3 Å². The summed E-state index contributed by atoms with van der Waals surface area (Å²) in [6.45, 7) is 2.03. The standard InChI is InChI=1S/C12H15BrO2/c1-2-9-5-10(8-14)7-11(6-9)12(15)3-4-13/h5-7,14H,2-4,8H2,1H3. The van der Waals surface area contributed by atoms with Gasteiger partial charge in [-0.3, -0.25) is 4.79 Å². The molecule has 0 saturated carbocycles. The van der Waals surface area contributed by atoms with Gasteiger partial charge in [0.05, 0.1) is 6.61 Å². The molecule has 2 nitrogen and oxygen atoms in total. The Hall–Kier alpha value is -0.670. The molecule has 0 aromatic heterocycles. The number of alkyl halides is 1. The molecule has 0 saturated heterocycles. The second kappa shape index (κ2) is 6.03. The first kappa shape index (κ1) is 12.4. The lowest BCUT2D eigenvalue weighted by Gasteiger charge is -2.05. The molecule has 0 unspecified atom stereocenters. The van der Waals surface area contributed by atoms with Crippen LogP contribution in [0.3, 0.4) is 0 Å². The molecular weight excluding hydrogens is 256 g/mol. The number of halogens is 1. The number of hydrogen-bond acceptors (Lipinski definition) is 2. The summed E-state index contributed by atoms with van der Waals surface area (Å²) in [5.41, 5.74) is 2.62. The van der Waals surface area contributed by atoms with Gasteiger partial charge >= 0.3 is 0 Å². The van der Waals surface area contributed by atoms with E-state index in [0.29, 0.717) is 17.3 Å². The van der Waals surface area contributed by atoms with Gasteiger partial charge in [-0.1, -0.05) is 28.9 Å². The number of Topliss-reactive ketones (excluding diaryl/α,β-unsaturated/α-hetero) is 1. The SMILES string of the molecule is CCc1cc(CO)cc(C(=O)CCBr)c1. The van der Waals surface area contributed by atoms with Crippen LogP contribution in [0.1, 0.15) is 34.8 Å². The average molecular weight is 271 g/mol. The second-order valence-electron chi connectivity index (χ2n) is 3.41. The third kappa shape index (κ3) is 3.43. The average Bonchev–Trinajstić information content (AvgIpc) is 2.28. The molecule has 82 valence electrons. The first-order chi connectivity index (χ1) is 7.21. The van der Waals surface area contributed by atoms with Crippen molar-refractivity contribution < 1.29 is 9.90 Å². The van der Waals surface area contributed by atoms with E-state index < -0.39 is 0 Å². The first-order valence-corrected chi connectivity index (χ1v) is 6.16. The zero-order chi connectivity index (χ0) is 11.3. The largest absolute Gasteiger partial charge is 0.392 e. The van der Waals surface area contributed by atoms with Crippen LogP contribution in [0, 0.1) is 0 Å². The van der Waals surface area contributed by atoms with Crippen LogP contribution < -0.4 is 0 Å². The molecule has 1 N–H and O–H groups in total. The number of aliphatic hydroxyl groups excluding tert-OH is 1. The molecule has 1 rings (SSSR count). The highest BCUT2D eigenvalue weighted by molar-refractivity contribution is 9.09. The van der Waals surface area contributed by atoms with Crippen LogP contribution in [0.5, 0.6) is 0 Å². The molecule has 0 spiro atoms. The van der Waals surface area contributed by atoms with E-state index in [2.05, 4.69) is 15.9 Å². The molecule has 3 heteroatoms. The Bertz CT molecular complexity index is 325. The fourth-order valence-electron chi connectivity index (χ4n) is 1.45. The van der Waals surface area contributed by atoms with Gasteiger partial charge in [0.1, 0.15) is 0 Å². The maximum absolute atomic E-state index is 11.7. The zero-order valence-electron chi connectivity index (χ0n) is 8.79. The van der Waals surface area contributed by atoms with Crippen molar-refractivity contribution in [3.63, 3.8) is 0 Å². The molecule has 0 aliphatic rings. The fourth-order valence-corrected chi connectivity index (χ4v) is 1.81. The Labute approximate surface area is 98.4 Å². The van der Waals surface area contributed by atoms with E-state index in [1.54, 1.807) is 6.07 Å². The predicted molar refractivity (Wildman–Crippen MR) is 64.5 cm³/mol. The lowest BCUT2D eigenvalue weighted by molar-refractivity contribution is 0.0989. The van der Waals surface area contributed by atoms with E-state index in [4.69, 9.17) is 5.11 Å². The minimum absolute atomic E-state index is 0.0115. The number of benzene rings is 1. The minimum atomic E-state index is -0.0115. The highest BCUT2D eigenvalue weighted by Gasteiger charge is 2.07. The molecule has 0 fully saturated rings. The van der Waals surface area contributed by atoms with Gasteiger partial charge in [0.2, 0.25) is 0 Å². The van der Waals surface area contributed by atoms with Gasteiger partial charge in [-0.15, -0.1) is 0 Å². The minimum Gasteiger partial charge on any atom is -0.392 e. The lowest BCUT2D eigenvalue weighted by atomic mass is 10.0. The summed E-state index contributed by atoms with van der Waals surface area (Å²) in [6, 6.07) is 5.61. The first-order valence-electron chi connectivity index (χ1n) is 5.04. The quantitative estimate of drug-likeness (QED) is 0.660. The molecule has 15 heavy (non-hydrogen) atoms. The van der Waals surface area contributed by atoms with Crippen LogP contribution in [0.25, 0.3) is 0 Å². The fraction of sp³-hybridized carbons (Fsp3) is 0.417. The summed E-state index contributed by atoms with van der Waals surface area (Å²) in [7, 11) is 0.